The largest absolute Gasteiger partial charge is 0.500 e. The Bertz CT molecular complexity index is 2510. The molecule has 0 N–H and O–H groups in total. The van der Waals surface area contributed by atoms with Crippen LogP contribution in [0, 0.1) is 24.4 Å². The molecule has 4 aromatic heterocycles. The molecule has 239 valence electrons. The number of hydrogen-bond donors (Lipinski definition) is 0. The molecule has 0 saturated carbocycles. The Morgan fingerprint density at radius 2 is 1.56 bits per heavy atom. The summed E-state index contributed by atoms with van der Waals surface area (Å²) < 4.78 is 45.5. The number of aromatic nitrogens is 3. The molecule has 0 saturated heterocycles. The SMILES string of the molecule is [2H]C([2H])([2H])c1ccc(-c2[c-]ccc3c2oc2c4cccnc4ccc32)nc1.[2H]C([2H])(c1ccc(-c2ccnc(-c3[c-]cccc3)c2)cc1)C(C)(C)C.[Ir]. The molecule has 0 atom stereocenters. The van der Waals surface area contributed by atoms with Crippen molar-refractivity contribution in [3.63, 3.8) is 0 Å². The van der Waals surface area contributed by atoms with Gasteiger partial charge in [0.05, 0.1) is 11.1 Å². The number of rotatable bonds is 4. The van der Waals surface area contributed by atoms with Gasteiger partial charge in [0, 0.05) is 56.3 Å². The molecule has 0 unspecified atom stereocenters. The zero-order valence-electron chi connectivity index (χ0n) is 31.7. The van der Waals surface area contributed by atoms with Gasteiger partial charge in [-0.1, -0.05) is 74.2 Å². The van der Waals surface area contributed by atoms with Gasteiger partial charge in [0.2, 0.25) is 0 Å². The van der Waals surface area contributed by atoms with Crippen molar-refractivity contribution in [1.29, 1.82) is 0 Å². The maximum absolute atomic E-state index is 8.39. The van der Waals surface area contributed by atoms with Gasteiger partial charge in [-0.25, -0.2) is 0 Å². The second kappa shape index (κ2) is 14.0. The van der Waals surface area contributed by atoms with E-state index in [1.165, 1.54) is 6.20 Å². The number of aryl methyl sites for hydroxylation is 1. The molecular weight excluding hydrogens is 767 g/mol. The second-order valence-electron chi connectivity index (χ2n) is 12.3. The number of hydrogen-bond acceptors (Lipinski definition) is 4. The van der Waals surface area contributed by atoms with Crippen molar-refractivity contribution >= 4 is 32.8 Å². The molecule has 8 aromatic rings. The van der Waals surface area contributed by atoms with E-state index in [4.69, 9.17) is 11.3 Å². The summed E-state index contributed by atoms with van der Waals surface area (Å²) in [5, 5.41) is 2.91. The molecule has 4 heterocycles. The van der Waals surface area contributed by atoms with Gasteiger partial charge >= 0.3 is 0 Å². The molecule has 1 radical (unpaired) electrons. The zero-order chi connectivity index (χ0) is 36.7. The van der Waals surface area contributed by atoms with Crippen LogP contribution in [0.1, 0.15) is 38.8 Å². The van der Waals surface area contributed by atoms with Crippen molar-refractivity contribution < 1.29 is 31.4 Å². The zero-order valence-corrected chi connectivity index (χ0v) is 29.1. The number of benzene rings is 4. The third kappa shape index (κ3) is 7.13. The molecule has 4 aromatic carbocycles. The van der Waals surface area contributed by atoms with E-state index in [-0.39, 0.29) is 25.7 Å². The second-order valence-corrected chi connectivity index (χ2v) is 12.3. The summed E-state index contributed by atoms with van der Waals surface area (Å²) in [6, 6.07) is 40.8. The minimum atomic E-state index is -2.17. The van der Waals surface area contributed by atoms with E-state index in [2.05, 4.69) is 27.1 Å². The quantitative estimate of drug-likeness (QED) is 0.166. The molecule has 0 bridgehead atoms. The molecule has 48 heavy (non-hydrogen) atoms. The molecular formula is C43H35IrN3O-2. The Kier molecular flexibility index (Phi) is 7.90. The number of pyridine rings is 3. The molecule has 0 aliphatic rings. The van der Waals surface area contributed by atoms with Crippen LogP contribution in [0.5, 0.6) is 0 Å². The van der Waals surface area contributed by atoms with Crippen LogP contribution in [-0.2, 0) is 26.5 Å². The van der Waals surface area contributed by atoms with E-state index in [1.54, 1.807) is 24.5 Å². The fourth-order valence-corrected chi connectivity index (χ4v) is 5.57. The summed E-state index contributed by atoms with van der Waals surface area (Å²) in [6.45, 7) is 3.60. The summed E-state index contributed by atoms with van der Waals surface area (Å²) in [5.41, 5.74) is 8.06. The topological polar surface area (TPSA) is 51.8 Å². The van der Waals surface area contributed by atoms with Crippen LogP contribution < -0.4 is 0 Å². The summed E-state index contributed by atoms with van der Waals surface area (Å²) in [6.07, 6.45) is 3.56. The molecule has 0 amide bonds. The maximum atomic E-state index is 8.39. The first-order valence-corrected chi connectivity index (χ1v) is 15.4. The smallest absolute Gasteiger partial charge is 0.130 e. The van der Waals surface area contributed by atoms with Crippen molar-refractivity contribution in [3.8, 4) is 33.6 Å². The van der Waals surface area contributed by atoms with Gasteiger partial charge in [0.25, 0.3) is 0 Å². The van der Waals surface area contributed by atoms with E-state index in [0.29, 0.717) is 22.4 Å². The summed E-state index contributed by atoms with van der Waals surface area (Å²) in [4.78, 5) is 13.1. The fourth-order valence-electron chi connectivity index (χ4n) is 5.57. The summed E-state index contributed by atoms with van der Waals surface area (Å²) >= 11 is 0. The van der Waals surface area contributed by atoms with Crippen molar-refractivity contribution in [2.45, 2.75) is 34.0 Å². The predicted octanol–water partition coefficient (Wildman–Crippen LogP) is 11.1. The van der Waals surface area contributed by atoms with E-state index < -0.39 is 18.6 Å². The molecule has 8 rings (SSSR count). The first-order valence-electron chi connectivity index (χ1n) is 17.9. The van der Waals surface area contributed by atoms with Crippen LogP contribution >= 0.6 is 0 Å². The number of nitrogens with zero attached hydrogens (tertiary/aromatic N) is 3. The normalized spacial score (nSPS) is 13.4. The van der Waals surface area contributed by atoms with Crippen LogP contribution in [0.25, 0.3) is 66.5 Å². The maximum Gasteiger partial charge on any atom is 0.130 e. The Morgan fingerprint density at radius 3 is 2.31 bits per heavy atom. The van der Waals surface area contributed by atoms with E-state index >= 15 is 0 Å². The van der Waals surface area contributed by atoms with Crippen LogP contribution in [0.4, 0.5) is 0 Å². The van der Waals surface area contributed by atoms with Crippen LogP contribution in [-0.4, -0.2) is 15.0 Å². The van der Waals surface area contributed by atoms with Crippen LogP contribution in [0.15, 0.2) is 132 Å². The molecule has 0 aliphatic carbocycles. The fraction of sp³-hybridized carbons (Fsp3) is 0.140. The Hall–Kier alpha value is -4.96. The predicted molar refractivity (Wildman–Crippen MR) is 193 cm³/mol. The van der Waals surface area contributed by atoms with Gasteiger partial charge in [-0.3, -0.25) is 4.98 Å². The van der Waals surface area contributed by atoms with Gasteiger partial charge in [-0.2, -0.15) is 0 Å². The van der Waals surface area contributed by atoms with Gasteiger partial charge in [-0.15, -0.1) is 54.1 Å². The van der Waals surface area contributed by atoms with Crippen molar-refractivity contribution in [2.75, 3.05) is 0 Å². The minimum absolute atomic E-state index is 0. The first kappa shape index (κ1) is 27.0. The average Bonchev–Trinajstić information content (AvgIpc) is 3.54. The van der Waals surface area contributed by atoms with Gasteiger partial charge in [-0.05, 0) is 82.6 Å². The monoisotopic (exact) mass is 807 g/mol. The van der Waals surface area contributed by atoms with Crippen LogP contribution in [0.2, 0.25) is 0 Å². The Balaban J connectivity index is 0.000000179. The molecule has 5 heteroatoms. The van der Waals surface area contributed by atoms with Gasteiger partial charge in [0.15, 0.2) is 0 Å². The van der Waals surface area contributed by atoms with E-state index in [1.807, 2.05) is 118 Å². The standard InChI is InChI=1S/C22H22N.C21H13N2O.Ir/c1-22(2,3)16-17-9-11-18(12-10-17)20-13-14-23-21(15-20)19-7-5-4-6-8-19;1-13-7-9-19(23-12-13)16-5-2-4-14-15-8-10-18-17(6-3-11-22-18)21(15)24-20(14)16;/h4-7,9-15H,16H2,1-3H3;2-4,6-12H,1H3;/q2*-1;/i16D2;1D3;. The third-order valence-corrected chi connectivity index (χ3v) is 7.68. The van der Waals surface area contributed by atoms with Gasteiger partial charge in [0.1, 0.15) is 5.58 Å². The molecule has 0 aliphatic heterocycles. The van der Waals surface area contributed by atoms with E-state index in [0.717, 1.165) is 49.6 Å². The Morgan fingerprint density at radius 1 is 0.708 bits per heavy atom. The molecule has 0 fully saturated rings. The van der Waals surface area contributed by atoms with Crippen LogP contribution in [0.3, 0.4) is 0 Å². The van der Waals surface area contributed by atoms with E-state index in [9.17, 15) is 0 Å². The minimum Gasteiger partial charge on any atom is -0.500 e. The summed E-state index contributed by atoms with van der Waals surface area (Å²) in [5.74, 6) is 0. The third-order valence-electron chi connectivity index (χ3n) is 7.68. The summed E-state index contributed by atoms with van der Waals surface area (Å²) in [7, 11) is 0. The van der Waals surface area contributed by atoms with Crippen molar-refractivity contribution in [3.05, 3.63) is 151 Å². The van der Waals surface area contributed by atoms with Crippen molar-refractivity contribution in [2.24, 2.45) is 5.41 Å². The first-order chi connectivity index (χ1) is 24.8. The van der Waals surface area contributed by atoms with Crippen molar-refractivity contribution in [1.82, 2.24) is 15.0 Å². The Labute approximate surface area is 302 Å². The average molecular weight is 807 g/mol. The number of fused-ring (bicyclic) bond motifs is 5. The molecule has 4 nitrogen and oxygen atoms in total. The van der Waals surface area contributed by atoms with Gasteiger partial charge < -0.3 is 14.4 Å². The number of furan rings is 1. The molecule has 0 spiro atoms.